The van der Waals surface area contributed by atoms with Gasteiger partial charge >= 0.3 is 0 Å². The van der Waals surface area contributed by atoms with Crippen LogP contribution in [0, 0.1) is 5.82 Å². The number of nitrogens with zero attached hydrogens (tertiary/aromatic N) is 1. The highest BCUT2D eigenvalue weighted by Crippen LogP contribution is 2.19. The molecule has 1 heterocycles. The molecule has 0 spiro atoms. The summed E-state index contributed by atoms with van der Waals surface area (Å²) in [4.78, 5) is 27.6. The molecule has 1 aromatic heterocycles. The van der Waals surface area contributed by atoms with E-state index in [1.54, 1.807) is 48.5 Å². The van der Waals surface area contributed by atoms with E-state index in [1.165, 1.54) is 25.3 Å². The first-order valence-corrected chi connectivity index (χ1v) is 8.18. The number of pyridine rings is 1. The lowest BCUT2D eigenvalue weighted by Gasteiger charge is -2.09. The van der Waals surface area contributed by atoms with Crippen LogP contribution >= 0.6 is 0 Å². The number of para-hydroxylation sites is 1. The van der Waals surface area contributed by atoms with E-state index in [2.05, 4.69) is 20.9 Å². The van der Waals surface area contributed by atoms with Crippen LogP contribution in [0.25, 0.3) is 0 Å². The predicted octanol–water partition coefficient (Wildman–Crippen LogP) is 4.18. The van der Waals surface area contributed by atoms with Crippen molar-refractivity contribution in [2.45, 2.75) is 6.92 Å². The molecular formula is C20H17FN4O2. The van der Waals surface area contributed by atoms with Gasteiger partial charge in [0.1, 0.15) is 11.6 Å². The molecule has 2 amide bonds. The van der Waals surface area contributed by atoms with Gasteiger partial charge < -0.3 is 16.0 Å². The van der Waals surface area contributed by atoms with Crippen molar-refractivity contribution in [1.82, 2.24) is 4.98 Å². The number of nitrogens with one attached hydrogen (secondary N) is 3. The van der Waals surface area contributed by atoms with Gasteiger partial charge in [0.15, 0.2) is 0 Å². The van der Waals surface area contributed by atoms with Crippen molar-refractivity contribution in [2.75, 3.05) is 16.0 Å². The molecule has 3 rings (SSSR count). The number of hydrogen-bond acceptors (Lipinski definition) is 4. The number of hydrogen-bond donors (Lipinski definition) is 3. The molecule has 0 saturated heterocycles. The Morgan fingerprint density at radius 3 is 2.26 bits per heavy atom. The van der Waals surface area contributed by atoms with E-state index in [4.69, 9.17) is 0 Å². The fraction of sp³-hybridized carbons (Fsp3) is 0.0500. The van der Waals surface area contributed by atoms with Gasteiger partial charge in [-0.05, 0) is 48.5 Å². The van der Waals surface area contributed by atoms with Crippen molar-refractivity contribution in [3.63, 3.8) is 0 Å². The first-order chi connectivity index (χ1) is 13.0. The van der Waals surface area contributed by atoms with Gasteiger partial charge in [-0.1, -0.05) is 12.1 Å². The smallest absolute Gasteiger partial charge is 0.255 e. The number of amides is 2. The van der Waals surface area contributed by atoms with E-state index >= 15 is 0 Å². The van der Waals surface area contributed by atoms with Crippen molar-refractivity contribution in [3.05, 3.63) is 78.2 Å². The zero-order valence-electron chi connectivity index (χ0n) is 14.5. The van der Waals surface area contributed by atoms with Crippen LogP contribution < -0.4 is 16.0 Å². The minimum absolute atomic E-state index is 0.168. The Morgan fingerprint density at radius 2 is 1.59 bits per heavy atom. The maximum absolute atomic E-state index is 13.7. The van der Waals surface area contributed by atoms with Crippen LogP contribution in [0.1, 0.15) is 17.3 Å². The zero-order valence-corrected chi connectivity index (χ0v) is 14.5. The second kappa shape index (κ2) is 8.09. The third-order valence-corrected chi connectivity index (χ3v) is 3.62. The van der Waals surface area contributed by atoms with E-state index in [0.29, 0.717) is 22.8 Å². The molecule has 0 atom stereocenters. The van der Waals surface area contributed by atoms with E-state index in [0.717, 1.165) is 0 Å². The van der Waals surface area contributed by atoms with Gasteiger partial charge in [0.05, 0.1) is 5.69 Å². The topological polar surface area (TPSA) is 83.1 Å². The molecule has 3 N–H and O–H groups in total. The molecule has 0 aliphatic carbocycles. The molecule has 0 unspecified atom stereocenters. The van der Waals surface area contributed by atoms with Crippen molar-refractivity contribution < 1.29 is 14.0 Å². The molecule has 2 aromatic carbocycles. The second-order valence-corrected chi connectivity index (χ2v) is 5.75. The van der Waals surface area contributed by atoms with E-state index in [1.807, 2.05) is 0 Å². The highest BCUT2D eigenvalue weighted by Gasteiger charge is 2.09. The third kappa shape index (κ3) is 4.88. The maximum atomic E-state index is 13.7. The number of rotatable bonds is 5. The Bertz CT molecular complexity index is 974. The van der Waals surface area contributed by atoms with E-state index in [9.17, 15) is 14.0 Å². The van der Waals surface area contributed by atoms with Crippen LogP contribution in [0.2, 0.25) is 0 Å². The lowest BCUT2D eigenvalue weighted by molar-refractivity contribution is -0.114. The maximum Gasteiger partial charge on any atom is 0.255 e. The van der Waals surface area contributed by atoms with Crippen molar-refractivity contribution >= 4 is 34.7 Å². The normalized spacial score (nSPS) is 10.1. The van der Waals surface area contributed by atoms with Gasteiger partial charge in [-0.15, -0.1) is 0 Å². The molecule has 0 saturated carbocycles. The Kier molecular flexibility index (Phi) is 5.41. The minimum Gasteiger partial charge on any atom is -0.338 e. The molecule has 3 aromatic rings. The quantitative estimate of drug-likeness (QED) is 0.634. The summed E-state index contributed by atoms with van der Waals surface area (Å²) in [6.45, 7) is 1.42. The van der Waals surface area contributed by atoms with Crippen LogP contribution in [0.15, 0.2) is 66.9 Å². The summed E-state index contributed by atoms with van der Waals surface area (Å²) in [6, 6.07) is 16.1. The van der Waals surface area contributed by atoms with Gasteiger partial charge in [0, 0.05) is 30.1 Å². The zero-order chi connectivity index (χ0) is 19.2. The Labute approximate surface area is 155 Å². The van der Waals surface area contributed by atoms with Gasteiger partial charge in [-0.2, -0.15) is 0 Å². The molecular weight excluding hydrogens is 347 g/mol. The highest BCUT2D eigenvalue weighted by molar-refractivity contribution is 6.04. The monoisotopic (exact) mass is 364 g/mol. The van der Waals surface area contributed by atoms with Crippen LogP contribution in [-0.2, 0) is 4.79 Å². The molecule has 0 aliphatic heterocycles. The summed E-state index contributed by atoms with van der Waals surface area (Å²) in [7, 11) is 0. The summed E-state index contributed by atoms with van der Waals surface area (Å²) in [6.07, 6.45) is 1.47. The first kappa shape index (κ1) is 18.1. The third-order valence-electron chi connectivity index (χ3n) is 3.62. The molecule has 0 aliphatic rings. The number of halogens is 1. The van der Waals surface area contributed by atoms with Gasteiger partial charge in [0.2, 0.25) is 5.91 Å². The minimum atomic E-state index is -0.409. The number of carbonyl (C=O) groups is 2. The summed E-state index contributed by atoms with van der Waals surface area (Å²) < 4.78 is 13.7. The number of aromatic nitrogens is 1. The highest BCUT2D eigenvalue weighted by atomic mass is 19.1. The molecule has 0 radical (unpaired) electrons. The molecule has 0 fully saturated rings. The SMILES string of the molecule is CC(=O)Nc1ccc(NC(=O)c2ccnc(Nc3ccccc3F)c2)cc1. The molecule has 6 nitrogen and oxygen atoms in total. The predicted molar refractivity (Wildman–Crippen MR) is 103 cm³/mol. The van der Waals surface area contributed by atoms with Crippen LogP contribution in [0.5, 0.6) is 0 Å². The second-order valence-electron chi connectivity index (χ2n) is 5.75. The summed E-state index contributed by atoms with van der Waals surface area (Å²) in [5.74, 6) is -0.554. The van der Waals surface area contributed by atoms with Crippen molar-refractivity contribution in [3.8, 4) is 0 Å². The summed E-state index contributed by atoms with van der Waals surface area (Å²) >= 11 is 0. The van der Waals surface area contributed by atoms with E-state index < -0.39 is 5.82 Å². The van der Waals surface area contributed by atoms with Crippen molar-refractivity contribution in [2.24, 2.45) is 0 Å². The lowest BCUT2D eigenvalue weighted by Crippen LogP contribution is -2.12. The fourth-order valence-electron chi connectivity index (χ4n) is 2.38. The summed E-state index contributed by atoms with van der Waals surface area (Å²) in [5, 5.41) is 8.26. The summed E-state index contributed by atoms with van der Waals surface area (Å²) in [5.41, 5.74) is 1.86. The number of benzene rings is 2. The first-order valence-electron chi connectivity index (χ1n) is 8.18. The average Bonchev–Trinajstić information content (AvgIpc) is 2.65. The molecule has 27 heavy (non-hydrogen) atoms. The van der Waals surface area contributed by atoms with Gasteiger partial charge in [0.25, 0.3) is 5.91 Å². The van der Waals surface area contributed by atoms with Crippen LogP contribution in [0.4, 0.5) is 27.3 Å². The lowest BCUT2D eigenvalue weighted by atomic mass is 10.2. The Morgan fingerprint density at radius 1 is 0.926 bits per heavy atom. The van der Waals surface area contributed by atoms with Crippen LogP contribution in [0.3, 0.4) is 0 Å². The molecule has 0 bridgehead atoms. The molecule has 136 valence electrons. The van der Waals surface area contributed by atoms with Crippen molar-refractivity contribution in [1.29, 1.82) is 0 Å². The van der Waals surface area contributed by atoms with Crippen LogP contribution in [-0.4, -0.2) is 16.8 Å². The Hall–Kier alpha value is -3.74. The molecule has 7 heteroatoms. The van der Waals surface area contributed by atoms with Gasteiger partial charge in [-0.25, -0.2) is 9.37 Å². The van der Waals surface area contributed by atoms with E-state index in [-0.39, 0.29) is 17.5 Å². The number of carbonyl (C=O) groups excluding carboxylic acids is 2. The number of anilines is 4. The largest absolute Gasteiger partial charge is 0.338 e. The fourth-order valence-corrected chi connectivity index (χ4v) is 2.38. The Balaban J connectivity index is 1.70. The average molecular weight is 364 g/mol. The standard InChI is InChI=1S/C20H17FN4O2/c1-13(26)23-15-6-8-16(9-7-15)24-20(27)14-10-11-22-19(12-14)25-18-5-3-2-4-17(18)21/h2-12H,1H3,(H,22,25)(H,23,26)(H,24,27). The van der Waals surface area contributed by atoms with Gasteiger partial charge in [-0.3, -0.25) is 9.59 Å².